The number of amides is 5. The Hall–Kier alpha value is -5.60. The molecule has 15 nitrogen and oxygen atoms in total. The van der Waals surface area contributed by atoms with Crippen LogP contribution in [-0.4, -0.2) is 64.1 Å². The molecule has 0 saturated carbocycles. The van der Waals surface area contributed by atoms with Gasteiger partial charge in [-0.1, -0.05) is 32.4 Å². The molecule has 0 radical (unpaired) electrons. The van der Waals surface area contributed by atoms with Crippen LogP contribution in [0, 0.1) is 16.0 Å². The fraction of sp³-hybridized carbons (Fsp3) is 0.375. The zero-order valence-electron chi connectivity index (χ0n) is 26.2. The van der Waals surface area contributed by atoms with Crippen molar-refractivity contribution in [1.82, 2.24) is 15.5 Å². The van der Waals surface area contributed by atoms with E-state index in [1.165, 1.54) is 43.3 Å². The minimum Gasteiger partial charge on any atom is -0.429 e. The topological polar surface area (TPSA) is 203 Å². The average molecular weight is 652 g/mol. The minimum absolute atomic E-state index is 0.0831. The first-order valence-corrected chi connectivity index (χ1v) is 15.0. The molecule has 0 bridgehead atoms. The van der Waals surface area contributed by atoms with Gasteiger partial charge in [0.15, 0.2) is 0 Å². The molecule has 0 aliphatic carbocycles. The van der Waals surface area contributed by atoms with Gasteiger partial charge in [-0.2, -0.15) is 0 Å². The normalized spacial score (nSPS) is 13.6. The van der Waals surface area contributed by atoms with E-state index in [1.54, 1.807) is 38.1 Å². The predicted octanol–water partition coefficient (Wildman–Crippen LogP) is 3.38. The molecule has 47 heavy (non-hydrogen) atoms. The van der Waals surface area contributed by atoms with Gasteiger partial charge in [0.2, 0.25) is 17.7 Å². The number of benzene rings is 2. The quantitative estimate of drug-likeness (QED) is 0.0603. The molecule has 0 fully saturated rings. The first-order chi connectivity index (χ1) is 22.3. The van der Waals surface area contributed by atoms with Gasteiger partial charge in [0.05, 0.1) is 4.92 Å². The second-order valence-corrected chi connectivity index (χ2v) is 11.1. The molecule has 250 valence electrons. The Labute approximate surface area is 270 Å². The van der Waals surface area contributed by atoms with E-state index in [1.807, 2.05) is 0 Å². The molecule has 5 amide bonds. The monoisotopic (exact) mass is 651 g/mol. The molecular weight excluding hydrogens is 614 g/mol. The van der Waals surface area contributed by atoms with Crippen LogP contribution in [0.5, 0.6) is 5.75 Å². The van der Waals surface area contributed by atoms with Gasteiger partial charge in [-0.05, 0) is 55.5 Å². The number of nitro benzene ring substituents is 1. The molecule has 3 rings (SSSR count). The molecule has 1 aliphatic rings. The van der Waals surface area contributed by atoms with Crippen LogP contribution in [0.1, 0.15) is 52.0 Å². The predicted molar refractivity (Wildman–Crippen MR) is 168 cm³/mol. The van der Waals surface area contributed by atoms with Crippen LogP contribution < -0.4 is 20.7 Å². The summed E-state index contributed by atoms with van der Waals surface area (Å²) in [5, 5.41) is 18.8. The summed E-state index contributed by atoms with van der Waals surface area (Å²) in [6.07, 6.45) is 3.30. The van der Waals surface area contributed by atoms with Gasteiger partial charge in [-0.25, -0.2) is 4.79 Å². The summed E-state index contributed by atoms with van der Waals surface area (Å²) in [5.41, 5.74) is 0.872. The van der Waals surface area contributed by atoms with Gasteiger partial charge >= 0.3 is 6.16 Å². The van der Waals surface area contributed by atoms with Gasteiger partial charge in [-0.15, -0.1) is 0 Å². The number of nitrogens with zero attached hydrogens (tertiary/aromatic N) is 2. The number of anilines is 1. The number of rotatable bonds is 16. The highest BCUT2D eigenvalue weighted by Gasteiger charge is 2.27. The Morgan fingerprint density at radius 3 is 2.09 bits per heavy atom. The summed E-state index contributed by atoms with van der Waals surface area (Å²) in [6.45, 7) is 5.21. The SMILES string of the molecule is CC(C)C(NC(=O)CCCCCN1C(=O)C=CC1=O)C(=O)N[C@@H](C)C(=O)Nc1ccc(COC(=O)Oc2ccc([N+](=O)[O-])cc2)cc1. The van der Waals surface area contributed by atoms with E-state index < -0.39 is 35.0 Å². The van der Waals surface area contributed by atoms with Crippen LogP contribution >= 0.6 is 0 Å². The van der Waals surface area contributed by atoms with E-state index in [4.69, 9.17) is 9.47 Å². The van der Waals surface area contributed by atoms with Crippen molar-refractivity contribution in [2.45, 2.75) is 65.1 Å². The van der Waals surface area contributed by atoms with E-state index >= 15 is 0 Å². The van der Waals surface area contributed by atoms with Crippen molar-refractivity contribution in [3.63, 3.8) is 0 Å². The summed E-state index contributed by atoms with van der Waals surface area (Å²) < 4.78 is 10.0. The Morgan fingerprint density at radius 2 is 1.49 bits per heavy atom. The van der Waals surface area contributed by atoms with Crippen molar-refractivity contribution in [1.29, 1.82) is 0 Å². The Morgan fingerprint density at radius 1 is 0.851 bits per heavy atom. The van der Waals surface area contributed by atoms with Crippen LogP contribution in [0.2, 0.25) is 0 Å². The van der Waals surface area contributed by atoms with Crippen molar-refractivity contribution < 1.29 is 43.2 Å². The highest BCUT2D eigenvalue weighted by Crippen LogP contribution is 2.18. The molecule has 2 aromatic rings. The molecule has 1 unspecified atom stereocenters. The molecule has 1 aliphatic heterocycles. The number of unbranched alkanes of at least 4 members (excludes halogenated alkanes) is 2. The number of ether oxygens (including phenoxy) is 2. The van der Waals surface area contributed by atoms with Gasteiger partial charge in [0.25, 0.3) is 17.5 Å². The van der Waals surface area contributed by atoms with Gasteiger partial charge < -0.3 is 25.4 Å². The van der Waals surface area contributed by atoms with Crippen molar-refractivity contribution >= 4 is 47.1 Å². The summed E-state index contributed by atoms with van der Waals surface area (Å²) in [7, 11) is 0. The molecule has 1 heterocycles. The standard InChI is InChI=1S/C32H37N5O10/c1-20(2)29(35-26(38)7-5-4-6-18-36-27(39)16-17-28(36)40)31(42)33-21(3)30(41)34-23-10-8-22(9-11-23)19-46-32(43)47-25-14-12-24(13-15-25)37(44)45/h8-17,20-21,29H,4-7,18-19H2,1-3H3,(H,33,42)(H,34,41)(H,35,38)/t21-,29?/m0/s1. The third-order valence-electron chi connectivity index (χ3n) is 7.03. The van der Waals surface area contributed by atoms with Crippen LogP contribution in [0.15, 0.2) is 60.7 Å². The third-order valence-corrected chi connectivity index (χ3v) is 7.03. The molecule has 0 aromatic heterocycles. The van der Waals surface area contributed by atoms with Crippen molar-refractivity contribution in [3.8, 4) is 5.75 Å². The summed E-state index contributed by atoms with van der Waals surface area (Å²) >= 11 is 0. The zero-order chi connectivity index (χ0) is 34.5. The van der Waals surface area contributed by atoms with E-state index in [0.29, 0.717) is 30.5 Å². The maximum atomic E-state index is 12.9. The largest absolute Gasteiger partial charge is 0.514 e. The summed E-state index contributed by atoms with van der Waals surface area (Å²) in [5.74, 6) is -2.18. The minimum atomic E-state index is -1.000. The van der Waals surface area contributed by atoms with Crippen molar-refractivity contribution in [2.75, 3.05) is 11.9 Å². The number of non-ortho nitro benzene ring substituents is 1. The summed E-state index contributed by atoms with van der Waals surface area (Å²) in [6, 6.07) is 9.54. The lowest BCUT2D eigenvalue weighted by molar-refractivity contribution is -0.384. The summed E-state index contributed by atoms with van der Waals surface area (Å²) in [4.78, 5) is 84.6. The molecular formula is C32H37N5O10. The molecule has 2 aromatic carbocycles. The molecule has 0 saturated heterocycles. The first kappa shape index (κ1) is 35.9. The smallest absolute Gasteiger partial charge is 0.429 e. The number of carbonyl (C=O) groups excluding carboxylic acids is 6. The van der Waals surface area contributed by atoms with Crippen LogP contribution in [0.25, 0.3) is 0 Å². The van der Waals surface area contributed by atoms with Crippen molar-refractivity contribution in [3.05, 3.63) is 76.4 Å². The zero-order valence-corrected chi connectivity index (χ0v) is 26.2. The highest BCUT2D eigenvalue weighted by molar-refractivity contribution is 6.12. The Kier molecular flexibility index (Phi) is 13.1. The first-order valence-electron chi connectivity index (χ1n) is 15.0. The maximum absolute atomic E-state index is 12.9. The molecule has 3 N–H and O–H groups in total. The maximum Gasteiger partial charge on any atom is 0.514 e. The molecule has 15 heteroatoms. The van der Waals surface area contributed by atoms with E-state index in [-0.39, 0.29) is 54.6 Å². The lowest BCUT2D eigenvalue weighted by Crippen LogP contribution is -2.53. The van der Waals surface area contributed by atoms with Gasteiger partial charge in [0.1, 0.15) is 24.4 Å². The van der Waals surface area contributed by atoms with Crippen molar-refractivity contribution in [2.24, 2.45) is 5.92 Å². The van der Waals surface area contributed by atoms with Gasteiger partial charge in [0, 0.05) is 42.9 Å². The lowest BCUT2D eigenvalue weighted by Gasteiger charge is -2.24. The Balaban J connectivity index is 1.38. The second-order valence-electron chi connectivity index (χ2n) is 11.1. The second kappa shape index (κ2) is 17.2. The number of carbonyl (C=O) groups is 6. The third kappa shape index (κ3) is 11.4. The molecule has 2 atom stereocenters. The van der Waals surface area contributed by atoms with E-state index in [2.05, 4.69) is 16.0 Å². The number of nitro groups is 1. The van der Waals surface area contributed by atoms with E-state index in [9.17, 15) is 38.9 Å². The van der Waals surface area contributed by atoms with Gasteiger partial charge in [-0.3, -0.25) is 39.0 Å². The van der Waals surface area contributed by atoms with E-state index in [0.717, 1.165) is 4.90 Å². The fourth-order valence-corrected chi connectivity index (χ4v) is 4.37. The number of hydrogen-bond donors (Lipinski definition) is 3. The van der Waals surface area contributed by atoms with Crippen LogP contribution in [0.3, 0.4) is 0 Å². The number of imide groups is 1. The molecule has 0 spiro atoms. The lowest BCUT2D eigenvalue weighted by atomic mass is 10.0. The number of hydrogen-bond acceptors (Lipinski definition) is 10. The number of nitrogens with one attached hydrogen (secondary N) is 3. The fourth-order valence-electron chi connectivity index (χ4n) is 4.37. The average Bonchev–Trinajstić information content (AvgIpc) is 3.35. The van der Waals surface area contributed by atoms with Crippen LogP contribution in [0.4, 0.5) is 16.2 Å². The Bertz CT molecular complexity index is 1490. The highest BCUT2D eigenvalue weighted by atomic mass is 16.7. The van der Waals surface area contributed by atoms with Crippen LogP contribution in [-0.2, 0) is 35.3 Å².